The number of thiocarbonyl (C=S) groups is 1. The summed E-state index contributed by atoms with van der Waals surface area (Å²) in [6, 6.07) is 16.5. The molecule has 0 saturated carbocycles. The Morgan fingerprint density at radius 2 is 1.83 bits per heavy atom. The summed E-state index contributed by atoms with van der Waals surface area (Å²) in [4.78, 5) is 27.3. The zero-order chi connectivity index (χ0) is 25.9. The third-order valence-corrected chi connectivity index (χ3v) is 7.09. The predicted octanol–water partition coefficient (Wildman–Crippen LogP) is 6.84. The number of nitrogens with zero attached hydrogens (tertiary/aromatic N) is 1. The number of amides is 2. The van der Waals surface area contributed by atoms with Crippen LogP contribution in [0.25, 0.3) is 6.08 Å². The molecule has 36 heavy (non-hydrogen) atoms. The average Bonchev–Trinajstić information content (AvgIpc) is 3.44. The van der Waals surface area contributed by atoms with Gasteiger partial charge in [0.1, 0.15) is 15.8 Å². The van der Waals surface area contributed by atoms with Crippen LogP contribution in [-0.4, -0.2) is 31.1 Å². The maximum Gasteiger partial charge on any atom is 0.266 e. The Balaban J connectivity index is 1.43. The maximum absolute atomic E-state index is 12.8. The van der Waals surface area contributed by atoms with Gasteiger partial charge in [0.15, 0.2) is 0 Å². The van der Waals surface area contributed by atoms with Crippen molar-refractivity contribution in [1.29, 1.82) is 0 Å². The van der Waals surface area contributed by atoms with Gasteiger partial charge in [-0.3, -0.25) is 14.5 Å². The Morgan fingerprint density at radius 3 is 2.44 bits per heavy atom. The fourth-order valence-electron chi connectivity index (χ4n) is 3.11. The minimum atomic E-state index is -1.96. The standard InChI is InChI=1S/C24H16Cl4N2O4S2/c25-16-7-5-15(6-8-16)20(31)29-22(24(26,27)28)34-17-9-3-14(4-10-17)12-19-21(32)30(23(35)36-19)13-18-2-1-11-33-18/h1-12,22H,13H2,(H,29,31)/b19-12-/t22-/m0/s1. The van der Waals surface area contributed by atoms with Crippen molar-refractivity contribution >= 4 is 92.6 Å². The van der Waals surface area contributed by atoms with Gasteiger partial charge in [-0.05, 0) is 60.2 Å². The molecule has 4 rings (SSSR count). The van der Waals surface area contributed by atoms with Gasteiger partial charge < -0.3 is 14.5 Å². The van der Waals surface area contributed by atoms with E-state index in [4.69, 9.17) is 67.8 Å². The SMILES string of the molecule is O=C(N[C@@H](Oc1ccc(/C=C2\SC(=S)N(Cc3ccco3)C2=O)cc1)C(Cl)(Cl)Cl)c1ccc(Cl)cc1. The van der Waals surface area contributed by atoms with Crippen molar-refractivity contribution in [3.8, 4) is 5.75 Å². The molecule has 12 heteroatoms. The first-order valence-electron chi connectivity index (χ1n) is 10.3. The predicted molar refractivity (Wildman–Crippen MR) is 147 cm³/mol. The van der Waals surface area contributed by atoms with Crippen LogP contribution in [0.2, 0.25) is 5.02 Å². The van der Waals surface area contributed by atoms with E-state index in [0.29, 0.717) is 31.3 Å². The van der Waals surface area contributed by atoms with Gasteiger partial charge in [-0.2, -0.15) is 0 Å². The van der Waals surface area contributed by atoms with Crippen LogP contribution in [0.4, 0.5) is 0 Å². The second-order valence-electron chi connectivity index (χ2n) is 7.44. The summed E-state index contributed by atoms with van der Waals surface area (Å²) < 4.78 is 9.55. The number of thioether (sulfide) groups is 1. The lowest BCUT2D eigenvalue weighted by Crippen LogP contribution is -2.47. The second kappa shape index (κ2) is 11.5. The zero-order valence-corrected chi connectivity index (χ0v) is 22.8. The Hall–Kier alpha value is -2.20. The van der Waals surface area contributed by atoms with Crippen LogP contribution in [0.1, 0.15) is 21.7 Å². The number of carbonyl (C=O) groups is 2. The number of rotatable bonds is 7. The highest BCUT2D eigenvalue weighted by atomic mass is 35.6. The fraction of sp³-hybridized carbons (Fsp3) is 0.125. The number of furan rings is 1. The van der Waals surface area contributed by atoms with Gasteiger partial charge >= 0.3 is 0 Å². The van der Waals surface area contributed by atoms with E-state index < -0.39 is 15.9 Å². The van der Waals surface area contributed by atoms with Crippen LogP contribution in [0.5, 0.6) is 5.75 Å². The number of hydrogen-bond acceptors (Lipinski definition) is 6. The molecule has 2 heterocycles. The Morgan fingerprint density at radius 1 is 1.14 bits per heavy atom. The first-order chi connectivity index (χ1) is 17.1. The topological polar surface area (TPSA) is 71.8 Å². The average molecular weight is 602 g/mol. The minimum Gasteiger partial charge on any atom is -0.467 e. The monoisotopic (exact) mass is 600 g/mol. The molecular formula is C24H16Cl4N2O4S2. The van der Waals surface area contributed by atoms with Gasteiger partial charge in [-0.15, -0.1) is 0 Å². The van der Waals surface area contributed by atoms with E-state index >= 15 is 0 Å². The molecule has 1 aliphatic rings. The summed E-state index contributed by atoms with van der Waals surface area (Å²) in [6.45, 7) is 0.266. The van der Waals surface area contributed by atoms with Crippen LogP contribution in [0.3, 0.4) is 0 Å². The van der Waals surface area contributed by atoms with E-state index in [0.717, 1.165) is 5.56 Å². The van der Waals surface area contributed by atoms with Gasteiger partial charge in [-0.25, -0.2) is 0 Å². The van der Waals surface area contributed by atoms with Crippen LogP contribution < -0.4 is 10.1 Å². The first-order valence-corrected chi connectivity index (χ1v) is 13.0. The molecule has 0 bridgehead atoms. The molecule has 1 aromatic heterocycles. The van der Waals surface area contributed by atoms with Crippen molar-refractivity contribution in [3.05, 3.63) is 93.7 Å². The summed E-state index contributed by atoms with van der Waals surface area (Å²) in [7, 11) is 0. The van der Waals surface area contributed by atoms with Gasteiger partial charge in [-0.1, -0.05) is 82.5 Å². The molecule has 2 aromatic carbocycles. The number of alkyl halides is 3. The highest BCUT2D eigenvalue weighted by Crippen LogP contribution is 2.35. The first kappa shape index (κ1) is 26.9. The molecule has 2 amide bonds. The largest absolute Gasteiger partial charge is 0.467 e. The van der Waals surface area contributed by atoms with Crippen LogP contribution in [0.15, 0.2) is 76.2 Å². The summed E-state index contributed by atoms with van der Waals surface area (Å²) in [5.41, 5.74) is 1.05. The number of nitrogens with one attached hydrogen (secondary N) is 1. The lowest BCUT2D eigenvalue weighted by atomic mass is 10.2. The van der Waals surface area contributed by atoms with Gasteiger partial charge in [0.05, 0.1) is 17.7 Å². The molecule has 6 nitrogen and oxygen atoms in total. The molecular weight excluding hydrogens is 586 g/mol. The normalized spacial score (nSPS) is 15.9. The van der Waals surface area contributed by atoms with Crippen molar-refractivity contribution in [1.82, 2.24) is 10.2 Å². The van der Waals surface area contributed by atoms with Crippen molar-refractivity contribution in [3.63, 3.8) is 0 Å². The van der Waals surface area contributed by atoms with Crippen molar-refractivity contribution < 1.29 is 18.7 Å². The van der Waals surface area contributed by atoms with Crippen molar-refractivity contribution in [2.24, 2.45) is 0 Å². The lowest BCUT2D eigenvalue weighted by Gasteiger charge is -2.26. The summed E-state index contributed by atoms with van der Waals surface area (Å²) in [6.07, 6.45) is 1.98. The van der Waals surface area contributed by atoms with Gasteiger partial charge in [0, 0.05) is 10.6 Å². The molecule has 3 aromatic rings. The highest BCUT2D eigenvalue weighted by molar-refractivity contribution is 8.26. The number of carbonyl (C=O) groups excluding carboxylic acids is 2. The molecule has 0 unspecified atom stereocenters. The Kier molecular flexibility index (Phi) is 8.55. The molecule has 1 aliphatic heterocycles. The molecule has 0 spiro atoms. The molecule has 186 valence electrons. The van der Waals surface area contributed by atoms with E-state index in [1.54, 1.807) is 73.0 Å². The lowest BCUT2D eigenvalue weighted by molar-refractivity contribution is -0.122. The zero-order valence-electron chi connectivity index (χ0n) is 18.1. The third kappa shape index (κ3) is 6.76. The second-order valence-corrected chi connectivity index (χ2v) is 11.9. The molecule has 0 radical (unpaired) electrons. The van der Waals surface area contributed by atoms with Crippen molar-refractivity contribution in [2.75, 3.05) is 0 Å². The van der Waals surface area contributed by atoms with Gasteiger partial charge in [0.25, 0.3) is 11.8 Å². The van der Waals surface area contributed by atoms with Crippen LogP contribution >= 0.6 is 70.4 Å². The third-order valence-electron chi connectivity index (χ3n) is 4.87. The van der Waals surface area contributed by atoms with E-state index in [2.05, 4.69) is 5.32 Å². The Labute approximate surface area is 236 Å². The fourth-order valence-corrected chi connectivity index (χ4v) is 4.78. The van der Waals surface area contributed by atoms with Crippen LogP contribution in [-0.2, 0) is 11.3 Å². The number of hydrogen-bond donors (Lipinski definition) is 1. The Bertz CT molecular complexity index is 1290. The van der Waals surface area contributed by atoms with E-state index in [1.807, 2.05) is 0 Å². The van der Waals surface area contributed by atoms with E-state index in [1.165, 1.54) is 16.7 Å². The van der Waals surface area contributed by atoms with Crippen LogP contribution in [0, 0.1) is 0 Å². The number of halogens is 4. The summed E-state index contributed by atoms with van der Waals surface area (Å²) >= 11 is 30.5. The highest BCUT2D eigenvalue weighted by Gasteiger charge is 2.36. The van der Waals surface area contributed by atoms with E-state index in [-0.39, 0.29) is 12.5 Å². The molecule has 0 aliphatic carbocycles. The molecule has 1 atom stereocenters. The summed E-state index contributed by atoms with van der Waals surface area (Å²) in [5.74, 6) is 0.269. The minimum absolute atomic E-state index is 0.206. The van der Waals surface area contributed by atoms with Gasteiger partial charge in [0.2, 0.25) is 10.0 Å². The smallest absolute Gasteiger partial charge is 0.266 e. The molecule has 1 saturated heterocycles. The van der Waals surface area contributed by atoms with E-state index in [9.17, 15) is 9.59 Å². The molecule has 1 N–H and O–H groups in total. The molecule has 1 fully saturated rings. The van der Waals surface area contributed by atoms with Crippen molar-refractivity contribution in [2.45, 2.75) is 16.6 Å². The number of benzene rings is 2. The number of ether oxygens (including phenoxy) is 1. The summed E-state index contributed by atoms with van der Waals surface area (Å²) in [5, 5.41) is 3.05. The quantitative estimate of drug-likeness (QED) is 0.138. The maximum atomic E-state index is 12.8.